The number of halogens is 1. The summed E-state index contributed by atoms with van der Waals surface area (Å²) in [5.74, 6) is 1.07. The average molecular weight is 311 g/mol. The highest BCUT2D eigenvalue weighted by molar-refractivity contribution is 7.98. The molecule has 1 atom stereocenters. The molecule has 1 aromatic heterocycles. The van der Waals surface area contributed by atoms with Crippen molar-refractivity contribution in [3.63, 3.8) is 0 Å². The van der Waals surface area contributed by atoms with Crippen molar-refractivity contribution in [2.75, 3.05) is 19.1 Å². The third kappa shape index (κ3) is 3.23. The fourth-order valence-electron chi connectivity index (χ4n) is 1.60. The van der Waals surface area contributed by atoms with Gasteiger partial charge in [0.15, 0.2) is 0 Å². The highest BCUT2D eigenvalue weighted by Crippen LogP contribution is 2.21. The number of nitrogens with zero attached hydrogens (tertiary/aromatic N) is 2. The molecule has 0 saturated heterocycles. The summed E-state index contributed by atoms with van der Waals surface area (Å²) in [4.78, 5) is 0.302. The molecule has 0 aliphatic carbocycles. The predicted molar refractivity (Wildman–Crippen MR) is 77.8 cm³/mol. The number of thioether (sulfide) groups is 1. The van der Waals surface area contributed by atoms with E-state index in [4.69, 9.17) is 11.6 Å². The van der Waals surface area contributed by atoms with Crippen molar-refractivity contribution in [2.45, 2.75) is 23.7 Å². The first-order valence-corrected chi connectivity index (χ1v) is 8.89. The van der Waals surface area contributed by atoms with Crippen LogP contribution in [0, 0.1) is 0 Å². The average Bonchev–Trinajstić information content (AvgIpc) is 2.70. The minimum absolute atomic E-state index is 0.0374. The Bertz CT molecular complexity index is 499. The zero-order valence-corrected chi connectivity index (χ0v) is 13.4. The van der Waals surface area contributed by atoms with Crippen molar-refractivity contribution in [2.24, 2.45) is 7.05 Å². The van der Waals surface area contributed by atoms with E-state index in [1.165, 1.54) is 4.31 Å². The number of rotatable bonds is 6. The maximum atomic E-state index is 12.4. The number of hydrogen-bond acceptors (Lipinski definition) is 3. The smallest absolute Gasteiger partial charge is 0.244 e. The quantitative estimate of drug-likeness (QED) is 0.756. The molecular formula is C11H19ClN2O2S2. The number of hydrogen-bond donors (Lipinski definition) is 0. The van der Waals surface area contributed by atoms with E-state index in [-0.39, 0.29) is 6.04 Å². The van der Waals surface area contributed by atoms with E-state index in [2.05, 4.69) is 0 Å². The standard InChI is InChI=1S/C11H19ClN2O2S2/c1-9(8-17-4)14(3)18(15,16)11-5-10(6-12)13(2)7-11/h5,7,9H,6,8H2,1-4H3. The van der Waals surface area contributed by atoms with Gasteiger partial charge in [-0.25, -0.2) is 8.42 Å². The fourth-order valence-corrected chi connectivity index (χ4v) is 4.12. The summed E-state index contributed by atoms with van der Waals surface area (Å²) in [5, 5.41) is 0. The minimum atomic E-state index is -3.43. The summed E-state index contributed by atoms with van der Waals surface area (Å²) in [6.07, 6.45) is 3.57. The molecule has 0 aliphatic rings. The predicted octanol–water partition coefficient (Wildman–Crippen LogP) is 2.14. The van der Waals surface area contributed by atoms with Crippen LogP contribution in [0.25, 0.3) is 0 Å². The van der Waals surface area contributed by atoms with Gasteiger partial charge in [0.2, 0.25) is 10.0 Å². The lowest BCUT2D eigenvalue weighted by Crippen LogP contribution is -2.36. The molecule has 1 heterocycles. The topological polar surface area (TPSA) is 42.3 Å². The van der Waals surface area contributed by atoms with E-state index < -0.39 is 10.0 Å². The summed E-state index contributed by atoms with van der Waals surface area (Å²) in [5.41, 5.74) is 0.793. The van der Waals surface area contributed by atoms with Gasteiger partial charge in [-0.3, -0.25) is 0 Å². The second-order valence-corrected chi connectivity index (χ2v) is 7.41. The van der Waals surface area contributed by atoms with E-state index in [0.29, 0.717) is 10.8 Å². The Morgan fingerprint density at radius 2 is 2.17 bits per heavy atom. The molecular weight excluding hydrogens is 292 g/mol. The van der Waals surface area contributed by atoms with Crippen LogP contribution in [0.2, 0.25) is 0 Å². The molecule has 0 aromatic carbocycles. The van der Waals surface area contributed by atoms with Gasteiger partial charge in [-0.1, -0.05) is 0 Å². The van der Waals surface area contributed by atoms with Crippen LogP contribution in [0.15, 0.2) is 17.2 Å². The maximum absolute atomic E-state index is 12.4. The first-order chi connectivity index (χ1) is 8.34. The van der Waals surface area contributed by atoms with Crippen LogP contribution in [0.5, 0.6) is 0 Å². The van der Waals surface area contributed by atoms with E-state index in [0.717, 1.165) is 11.4 Å². The van der Waals surface area contributed by atoms with Gasteiger partial charge in [0.1, 0.15) is 4.90 Å². The van der Waals surface area contributed by atoms with Gasteiger partial charge in [-0.05, 0) is 19.2 Å². The van der Waals surface area contributed by atoms with Gasteiger partial charge in [0, 0.05) is 37.8 Å². The van der Waals surface area contributed by atoms with Gasteiger partial charge in [-0.15, -0.1) is 11.6 Å². The number of aryl methyl sites for hydroxylation is 1. The Kier molecular flexibility index (Phi) is 5.58. The van der Waals surface area contributed by atoms with Gasteiger partial charge >= 0.3 is 0 Å². The van der Waals surface area contributed by atoms with Crippen LogP contribution >= 0.6 is 23.4 Å². The molecule has 0 bridgehead atoms. The van der Waals surface area contributed by atoms with Crippen LogP contribution in [0.4, 0.5) is 0 Å². The van der Waals surface area contributed by atoms with E-state index in [1.807, 2.05) is 13.2 Å². The first-order valence-electron chi connectivity index (χ1n) is 5.52. The van der Waals surface area contributed by atoms with Crippen molar-refractivity contribution in [3.05, 3.63) is 18.0 Å². The lowest BCUT2D eigenvalue weighted by molar-refractivity contribution is 0.415. The molecule has 0 N–H and O–H groups in total. The molecule has 0 spiro atoms. The minimum Gasteiger partial charge on any atom is -0.352 e. The summed E-state index contributed by atoms with van der Waals surface area (Å²) in [6, 6.07) is 1.59. The second kappa shape index (κ2) is 6.32. The van der Waals surface area contributed by atoms with E-state index >= 15 is 0 Å². The summed E-state index contributed by atoms with van der Waals surface area (Å²) in [7, 11) is -0.0233. The molecule has 1 unspecified atom stereocenters. The highest BCUT2D eigenvalue weighted by atomic mass is 35.5. The molecule has 1 aromatic rings. The van der Waals surface area contributed by atoms with Crippen molar-refractivity contribution in [1.82, 2.24) is 8.87 Å². The van der Waals surface area contributed by atoms with E-state index in [1.54, 1.807) is 42.7 Å². The molecule has 0 aliphatic heterocycles. The number of sulfonamides is 1. The van der Waals surface area contributed by atoms with Crippen molar-refractivity contribution in [3.8, 4) is 0 Å². The second-order valence-electron chi connectivity index (χ2n) is 4.24. The zero-order chi connectivity index (χ0) is 13.9. The largest absolute Gasteiger partial charge is 0.352 e. The third-order valence-corrected chi connectivity index (χ3v) is 5.95. The van der Waals surface area contributed by atoms with Crippen LogP contribution in [-0.4, -0.2) is 42.4 Å². The van der Waals surface area contributed by atoms with Gasteiger partial charge in [-0.2, -0.15) is 16.1 Å². The van der Waals surface area contributed by atoms with Crippen LogP contribution in [-0.2, 0) is 23.0 Å². The summed E-state index contributed by atoms with van der Waals surface area (Å²) >= 11 is 7.38. The van der Waals surface area contributed by atoms with Crippen molar-refractivity contribution in [1.29, 1.82) is 0 Å². The molecule has 7 heteroatoms. The van der Waals surface area contributed by atoms with Crippen LogP contribution < -0.4 is 0 Å². The molecule has 0 radical (unpaired) electrons. The molecule has 104 valence electrons. The third-order valence-electron chi connectivity index (χ3n) is 2.93. The molecule has 0 amide bonds. The molecule has 0 fully saturated rings. The van der Waals surface area contributed by atoms with Gasteiger partial charge in [0.25, 0.3) is 0 Å². The molecule has 18 heavy (non-hydrogen) atoms. The Hall–Kier alpha value is -0.170. The van der Waals surface area contributed by atoms with E-state index in [9.17, 15) is 8.42 Å². The van der Waals surface area contributed by atoms with Gasteiger partial charge < -0.3 is 4.57 Å². The van der Waals surface area contributed by atoms with Crippen LogP contribution in [0.1, 0.15) is 12.6 Å². The lowest BCUT2D eigenvalue weighted by Gasteiger charge is -2.22. The summed E-state index contributed by atoms with van der Waals surface area (Å²) in [6.45, 7) is 1.90. The molecule has 0 saturated carbocycles. The molecule has 1 rings (SSSR count). The molecule has 4 nitrogen and oxygen atoms in total. The normalized spacial score (nSPS) is 14.1. The first kappa shape index (κ1) is 15.9. The highest BCUT2D eigenvalue weighted by Gasteiger charge is 2.26. The SMILES string of the molecule is CSCC(C)N(C)S(=O)(=O)c1cc(CCl)n(C)c1. The number of aromatic nitrogens is 1. The lowest BCUT2D eigenvalue weighted by atomic mass is 10.4. The zero-order valence-electron chi connectivity index (χ0n) is 11.1. The Morgan fingerprint density at radius 3 is 2.61 bits per heavy atom. The monoisotopic (exact) mass is 310 g/mol. The summed E-state index contributed by atoms with van der Waals surface area (Å²) < 4.78 is 27.9. The number of alkyl halides is 1. The van der Waals surface area contributed by atoms with Gasteiger partial charge in [0.05, 0.1) is 5.88 Å². The maximum Gasteiger partial charge on any atom is 0.244 e. The van der Waals surface area contributed by atoms with Crippen LogP contribution in [0.3, 0.4) is 0 Å². The Labute approximate surface area is 118 Å². The Morgan fingerprint density at radius 1 is 1.56 bits per heavy atom. The fraction of sp³-hybridized carbons (Fsp3) is 0.636. The van der Waals surface area contributed by atoms with Crippen molar-refractivity contribution >= 4 is 33.4 Å². The van der Waals surface area contributed by atoms with Crippen molar-refractivity contribution < 1.29 is 8.42 Å². The Balaban J connectivity index is 3.05.